The molecule has 1 aromatic heterocycles. The summed E-state index contributed by atoms with van der Waals surface area (Å²) in [5, 5.41) is 1.74. The molecule has 0 amide bonds. The zero-order valence-corrected chi connectivity index (χ0v) is 11.1. The van der Waals surface area contributed by atoms with Crippen molar-refractivity contribution >= 4 is 21.4 Å². The normalized spacial score (nSPS) is 14.2. The molecule has 3 N–H and O–H groups in total. The highest BCUT2D eigenvalue weighted by Gasteiger charge is 2.20. The van der Waals surface area contributed by atoms with Crippen molar-refractivity contribution in [3.05, 3.63) is 17.5 Å². The van der Waals surface area contributed by atoms with E-state index in [0.717, 1.165) is 6.42 Å². The van der Waals surface area contributed by atoms with Crippen LogP contribution in [0.1, 0.15) is 20.3 Å². The van der Waals surface area contributed by atoms with Crippen LogP contribution >= 0.6 is 11.3 Å². The molecule has 1 aromatic rings. The molecular weight excluding hydrogens is 244 g/mol. The summed E-state index contributed by atoms with van der Waals surface area (Å²) >= 11 is 1.21. The molecule has 16 heavy (non-hydrogen) atoms. The topological polar surface area (TPSA) is 72.2 Å². The molecule has 0 radical (unpaired) electrons. The van der Waals surface area contributed by atoms with Crippen molar-refractivity contribution in [2.75, 3.05) is 6.54 Å². The van der Waals surface area contributed by atoms with Gasteiger partial charge in [0.25, 0.3) is 0 Å². The van der Waals surface area contributed by atoms with Gasteiger partial charge in [-0.1, -0.05) is 19.9 Å². The summed E-state index contributed by atoms with van der Waals surface area (Å²) < 4.78 is 26.8. The van der Waals surface area contributed by atoms with Crippen LogP contribution in [0.3, 0.4) is 0 Å². The molecule has 0 saturated heterocycles. The lowest BCUT2D eigenvalue weighted by atomic mass is 10.1. The molecule has 1 unspecified atom stereocenters. The summed E-state index contributed by atoms with van der Waals surface area (Å²) in [5.41, 5.74) is 5.56. The van der Waals surface area contributed by atoms with Crippen LogP contribution in [0, 0.1) is 5.92 Å². The number of nitrogens with one attached hydrogen (secondary N) is 1. The highest BCUT2D eigenvalue weighted by molar-refractivity contribution is 7.91. The number of hydrogen-bond acceptors (Lipinski definition) is 4. The first-order valence-corrected chi connectivity index (χ1v) is 7.58. The molecule has 0 aromatic carbocycles. The van der Waals surface area contributed by atoms with Gasteiger partial charge >= 0.3 is 0 Å². The smallest absolute Gasteiger partial charge is 0.250 e. The molecular formula is C10H18N2O2S2. The van der Waals surface area contributed by atoms with Crippen LogP contribution in [0.4, 0.5) is 0 Å². The van der Waals surface area contributed by atoms with Gasteiger partial charge in [-0.25, -0.2) is 13.1 Å². The fourth-order valence-electron chi connectivity index (χ4n) is 1.46. The second-order valence-electron chi connectivity index (χ2n) is 4.12. The summed E-state index contributed by atoms with van der Waals surface area (Å²) in [6.07, 6.45) is 0.751. The van der Waals surface area contributed by atoms with Gasteiger partial charge in [0.2, 0.25) is 10.0 Å². The standard InChI is InChI=1S/C10H18N2O2S2/c1-8(2)6-9(7-11)12-16(13,14)10-4-3-5-15-10/h3-5,8-9,12H,6-7,11H2,1-2H3. The molecule has 0 bridgehead atoms. The Morgan fingerprint density at radius 3 is 2.62 bits per heavy atom. The van der Waals surface area contributed by atoms with Gasteiger partial charge in [0.05, 0.1) is 0 Å². The third-order valence-electron chi connectivity index (χ3n) is 2.12. The third-order valence-corrected chi connectivity index (χ3v) is 5.04. The van der Waals surface area contributed by atoms with Crippen LogP contribution in [-0.4, -0.2) is 21.0 Å². The van der Waals surface area contributed by atoms with Gasteiger partial charge in [0, 0.05) is 12.6 Å². The van der Waals surface area contributed by atoms with E-state index in [0.29, 0.717) is 16.7 Å². The number of sulfonamides is 1. The average Bonchev–Trinajstić information content (AvgIpc) is 2.68. The first-order chi connectivity index (χ1) is 7.45. The van der Waals surface area contributed by atoms with Crippen LogP contribution in [0.5, 0.6) is 0 Å². The van der Waals surface area contributed by atoms with Crippen molar-refractivity contribution in [1.29, 1.82) is 0 Å². The largest absolute Gasteiger partial charge is 0.329 e. The maximum absolute atomic E-state index is 11.9. The number of nitrogens with two attached hydrogens (primary N) is 1. The van der Waals surface area contributed by atoms with Crippen LogP contribution in [0.2, 0.25) is 0 Å². The van der Waals surface area contributed by atoms with Crippen molar-refractivity contribution in [1.82, 2.24) is 4.72 Å². The Bertz CT molecular complexity index is 398. The van der Waals surface area contributed by atoms with Gasteiger partial charge in [0.15, 0.2) is 0 Å². The Morgan fingerprint density at radius 2 is 2.19 bits per heavy atom. The van der Waals surface area contributed by atoms with Crippen molar-refractivity contribution in [3.63, 3.8) is 0 Å². The van der Waals surface area contributed by atoms with Gasteiger partial charge in [-0.2, -0.15) is 0 Å². The molecule has 0 spiro atoms. The van der Waals surface area contributed by atoms with Crippen LogP contribution in [0.25, 0.3) is 0 Å². The van der Waals surface area contributed by atoms with Crippen molar-refractivity contribution < 1.29 is 8.42 Å². The van der Waals surface area contributed by atoms with E-state index in [4.69, 9.17) is 5.73 Å². The number of hydrogen-bond donors (Lipinski definition) is 2. The molecule has 0 aliphatic rings. The van der Waals surface area contributed by atoms with Gasteiger partial charge in [-0.05, 0) is 23.8 Å². The minimum Gasteiger partial charge on any atom is -0.329 e. The molecule has 92 valence electrons. The van der Waals surface area contributed by atoms with E-state index in [9.17, 15) is 8.42 Å². The lowest BCUT2D eigenvalue weighted by Gasteiger charge is -2.18. The first-order valence-electron chi connectivity index (χ1n) is 5.21. The summed E-state index contributed by atoms with van der Waals surface area (Å²) in [6.45, 7) is 4.41. The first kappa shape index (κ1) is 13.6. The lowest BCUT2D eigenvalue weighted by Crippen LogP contribution is -2.40. The molecule has 1 rings (SSSR count). The lowest BCUT2D eigenvalue weighted by molar-refractivity contribution is 0.465. The van der Waals surface area contributed by atoms with E-state index in [-0.39, 0.29) is 6.04 Å². The van der Waals surface area contributed by atoms with E-state index in [1.165, 1.54) is 11.3 Å². The van der Waals surface area contributed by atoms with Gasteiger partial charge in [0.1, 0.15) is 4.21 Å². The van der Waals surface area contributed by atoms with Crippen LogP contribution in [-0.2, 0) is 10.0 Å². The third kappa shape index (κ3) is 3.86. The summed E-state index contributed by atoms with van der Waals surface area (Å²) in [7, 11) is -3.39. The monoisotopic (exact) mass is 262 g/mol. The highest BCUT2D eigenvalue weighted by Crippen LogP contribution is 2.16. The van der Waals surface area contributed by atoms with E-state index >= 15 is 0 Å². The van der Waals surface area contributed by atoms with E-state index < -0.39 is 10.0 Å². The molecule has 1 heterocycles. The molecule has 0 saturated carbocycles. The number of rotatable bonds is 6. The quantitative estimate of drug-likeness (QED) is 0.814. The molecule has 1 atom stereocenters. The van der Waals surface area contributed by atoms with Crippen LogP contribution < -0.4 is 10.5 Å². The SMILES string of the molecule is CC(C)CC(CN)NS(=O)(=O)c1cccs1. The molecule has 0 fully saturated rings. The van der Waals surface area contributed by atoms with E-state index in [1.54, 1.807) is 17.5 Å². The van der Waals surface area contributed by atoms with Crippen LogP contribution in [0.15, 0.2) is 21.7 Å². The average molecular weight is 262 g/mol. The minimum absolute atomic E-state index is 0.188. The number of thiophene rings is 1. The summed E-state index contributed by atoms with van der Waals surface area (Å²) in [5.74, 6) is 0.416. The Hall–Kier alpha value is -0.430. The molecule has 0 aliphatic heterocycles. The fraction of sp³-hybridized carbons (Fsp3) is 0.600. The Labute approximate surface area is 101 Å². The van der Waals surface area contributed by atoms with Gasteiger partial charge < -0.3 is 5.73 Å². The Balaban J connectivity index is 2.71. The van der Waals surface area contributed by atoms with Crippen molar-refractivity contribution in [3.8, 4) is 0 Å². The van der Waals surface area contributed by atoms with E-state index in [1.807, 2.05) is 13.8 Å². The zero-order chi connectivity index (χ0) is 12.2. The second kappa shape index (κ2) is 5.77. The molecule has 6 heteroatoms. The minimum atomic E-state index is -3.39. The van der Waals surface area contributed by atoms with Gasteiger partial charge in [-0.15, -0.1) is 11.3 Å². The maximum Gasteiger partial charge on any atom is 0.250 e. The van der Waals surface area contributed by atoms with E-state index in [2.05, 4.69) is 4.72 Å². The molecule has 4 nitrogen and oxygen atoms in total. The predicted molar refractivity (Wildman–Crippen MR) is 66.9 cm³/mol. The zero-order valence-electron chi connectivity index (χ0n) is 9.51. The van der Waals surface area contributed by atoms with Gasteiger partial charge in [-0.3, -0.25) is 0 Å². The fourth-order valence-corrected chi connectivity index (χ4v) is 3.73. The van der Waals surface area contributed by atoms with Crippen molar-refractivity contribution in [2.45, 2.75) is 30.5 Å². The Kier molecular flexibility index (Phi) is 4.91. The highest BCUT2D eigenvalue weighted by atomic mass is 32.2. The predicted octanol–water partition coefficient (Wildman–Crippen LogP) is 1.40. The Morgan fingerprint density at radius 1 is 1.50 bits per heavy atom. The molecule has 0 aliphatic carbocycles. The summed E-state index contributed by atoms with van der Waals surface area (Å²) in [4.78, 5) is 0. The second-order valence-corrected chi connectivity index (χ2v) is 7.00. The summed E-state index contributed by atoms with van der Waals surface area (Å²) in [6, 6.07) is 3.13. The van der Waals surface area contributed by atoms with Crippen molar-refractivity contribution in [2.24, 2.45) is 11.7 Å². The maximum atomic E-state index is 11.9.